The lowest BCUT2D eigenvalue weighted by Crippen LogP contribution is -2.18. The minimum atomic E-state index is -1.28. The number of carboxylic acids is 1. The molecule has 1 aromatic heterocycles. The topological polar surface area (TPSA) is 87.0 Å². The maximum absolute atomic E-state index is 12.8. The number of ether oxygens (including phenoxy) is 3. The molecule has 0 bridgehead atoms. The Morgan fingerprint density at radius 3 is 2.39 bits per heavy atom. The number of rotatable bonds is 12. The number of hydrogen-bond donors (Lipinski definition) is 1. The van der Waals surface area contributed by atoms with Crippen LogP contribution in [0.25, 0.3) is 16.6 Å². The molecule has 0 unspecified atom stereocenters. The monoisotopic (exact) mass is 517 g/mol. The van der Waals surface area contributed by atoms with Crippen molar-refractivity contribution in [1.82, 2.24) is 4.57 Å². The number of pyridine rings is 1. The molecule has 33 heavy (non-hydrogen) atoms. The van der Waals surface area contributed by atoms with Gasteiger partial charge >= 0.3 is 5.97 Å². The Kier molecular flexibility index (Phi) is 8.77. The van der Waals surface area contributed by atoms with E-state index < -0.39 is 11.4 Å². The molecule has 0 saturated heterocycles. The molecule has 0 amide bonds. The SMILES string of the molecule is COc1ccc(-n2cc(C(=O)O)c(=O)c3ccc(OCCCCCCCBr)cc32)cc1OC. The molecule has 2 aromatic carbocycles. The number of carboxylic acid groups (broad SMARTS) is 1. The summed E-state index contributed by atoms with van der Waals surface area (Å²) in [6, 6.07) is 10.3. The van der Waals surface area contributed by atoms with Gasteiger partial charge in [0.05, 0.1) is 26.3 Å². The smallest absolute Gasteiger partial charge is 0.341 e. The molecule has 1 heterocycles. The number of carbonyl (C=O) groups is 1. The van der Waals surface area contributed by atoms with Gasteiger partial charge in [0.25, 0.3) is 0 Å². The van der Waals surface area contributed by atoms with E-state index in [4.69, 9.17) is 14.2 Å². The van der Waals surface area contributed by atoms with Gasteiger partial charge in [0.2, 0.25) is 5.43 Å². The molecule has 7 nitrogen and oxygen atoms in total. The lowest BCUT2D eigenvalue weighted by Gasteiger charge is -2.16. The first-order valence-corrected chi connectivity index (χ1v) is 12.0. The van der Waals surface area contributed by atoms with E-state index in [1.165, 1.54) is 32.6 Å². The number of methoxy groups -OCH3 is 2. The van der Waals surface area contributed by atoms with Gasteiger partial charge in [-0.15, -0.1) is 0 Å². The molecular formula is C25H28BrNO6. The van der Waals surface area contributed by atoms with Crippen LogP contribution in [0, 0.1) is 0 Å². The van der Waals surface area contributed by atoms with E-state index in [-0.39, 0.29) is 5.56 Å². The van der Waals surface area contributed by atoms with Gasteiger partial charge in [-0.25, -0.2) is 4.79 Å². The fourth-order valence-corrected chi connectivity index (χ4v) is 4.05. The first-order valence-electron chi connectivity index (χ1n) is 10.8. The molecule has 3 rings (SSSR count). The summed E-state index contributed by atoms with van der Waals surface area (Å²) in [5.74, 6) is 0.382. The zero-order valence-electron chi connectivity index (χ0n) is 18.8. The molecule has 1 N–H and O–H groups in total. The van der Waals surface area contributed by atoms with Crippen molar-refractivity contribution in [1.29, 1.82) is 0 Å². The van der Waals surface area contributed by atoms with Crippen LogP contribution in [-0.4, -0.2) is 41.8 Å². The van der Waals surface area contributed by atoms with E-state index in [0.29, 0.717) is 40.4 Å². The predicted octanol–water partition coefficient (Wildman–Crippen LogP) is 5.43. The Bertz CT molecular complexity index is 1170. The van der Waals surface area contributed by atoms with Gasteiger partial charge < -0.3 is 23.9 Å². The third-order valence-electron chi connectivity index (χ3n) is 5.40. The molecule has 0 atom stereocenters. The Labute approximate surface area is 201 Å². The van der Waals surface area contributed by atoms with Crippen molar-refractivity contribution in [2.24, 2.45) is 0 Å². The van der Waals surface area contributed by atoms with Gasteiger partial charge in [0.1, 0.15) is 11.3 Å². The number of unbranched alkanes of at least 4 members (excludes halogenated alkanes) is 4. The van der Waals surface area contributed by atoms with Crippen molar-refractivity contribution >= 4 is 32.8 Å². The summed E-state index contributed by atoms with van der Waals surface area (Å²) < 4.78 is 18.3. The zero-order valence-corrected chi connectivity index (χ0v) is 20.4. The predicted molar refractivity (Wildman–Crippen MR) is 132 cm³/mol. The summed E-state index contributed by atoms with van der Waals surface area (Å²) in [7, 11) is 3.07. The average Bonchev–Trinajstić information content (AvgIpc) is 2.83. The van der Waals surface area contributed by atoms with Crippen molar-refractivity contribution in [3.8, 4) is 22.9 Å². The van der Waals surface area contributed by atoms with Crippen LogP contribution in [0.3, 0.4) is 0 Å². The Balaban J connectivity index is 1.97. The Morgan fingerprint density at radius 1 is 0.970 bits per heavy atom. The number of aromatic nitrogens is 1. The Morgan fingerprint density at radius 2 is 1.70 bits per heavy atom. The van der Waals surface area contributed by atoms with E-state index >= 15 is 0 Å². The second-order valence-corrected chi connectivity index (χ2v) is 8.36. The van der Waals surface area contributed by atoms with Gasteiger partial charge in [-0.2, -0.15) is 0 Å². The standard InChI is InChI=1S/C25H28BrNO6/c1-31-22-11-8-17(14-23(22)32-2)27-16-20(25(29)30)24(28)19-10-9-18(15-21(19)27)33-13-7-5-3-4-6-12-26/h8-11,14-16H,3-7,12-13H2,1-2H3,(H,29,30). The van der Waals surface area contributed by atoms with E-state index in [1.54, 1.807) is 48.1 Å². The number of halogens is 1. The summed E-state index contributed by atoms with van der Waals surface area (Å²) in [4.78, 5) is 24.5. The number of hydrogen-bond acceptors (Lipinski definition) is 5. The molecule has 0 aliphatic rings. The van der Waals surface area contributed by atoms with Gasteiger partial charge in [0.15, 0.2) is 11.5 Å². The highest BCUT2D eigenvalue weighted by atomic mass is 79.9. The number of nitrogens with zero attached hydrogens (tertiary/aromatic N) is 1. The number of alkyl halides is 1. The van der Waals surface area contributed by atoms with Crippen molar-refractivity contribution in [2.45, 2.75) is 32.1 Å². The summed E-state index contributed by atoms with van der Waals surface area (Å²) in [6.07, 6.45) is 6.92. The molecule has 0 spiro atoms. The van der Waals surface area contributed by atoms with Crippen molar-refractivity contribution in [3.05, 3.63) is 58.4 Å². The maximum Gasteiger partial charge on any atom is 0.341 e. The highest BCUT2D eigenvalue weighted by molar-refractivity contribution is 9.09. The molecule has 0 aliphatic carbocycles. The third-order valence-corrected chi connectivity index (χ3v) is 5.96. The highest BCUT2D eigenvalue weighted by Crippen LogP contribution is 2.31. The number of aromatic carboxylic acids is 1. The third kappa shape index (κ3) is 5.87. The lowest BCUT2D eigenvalue weighted by atomic mass is 10.1. The maximum atomic E-state index is 12.8. The molecule has 8 heteroatoms. The highest BCUT2D eigenvalue weighted by Gasteiger charge is 2.17. The molecule has 0 radical (unpaired) electrons. The molecule has 0 saturated carbocycles. The van der Waals surface area contributed by atoms with E-state index in [0.717, 1.165) is 18.2 Å². The van der Waals surface area contributed by atoms with Gasteiger partial charge in [-0.3, -0.25) is 4.79 Å². The van der Waals surface area contributed by atoms with Crippen molar-refractivity contribution in [3.63, 3.8) is 0 Å². The summed E-state index contributed by atoms with van der Waals surface area (Å²) in [5, 5.41) is 10.9. The molecule has 0 aliphatic heterocycles. The first-order chi connectivity index (χ1) is 16.0. The van der Waals surface area contributed by atoms with Crippen LogP contribution in [0.15, 0.2) is 47.4 Å². The quantitative estimate of drug-likeness (QED) is 0.254. The molecule has 176 valence electrons. The number of fused-ring (bicyclic) bond motifs is 1. The number of benzene rings is 2. The van der Waals surface area contributed by atoms with E-state index in [1.807, 2.05) is 0 Å². The minimum absolute atomic E-state index is 0.298. The molecular weight excluding hydrogens is 490 g/mol. The molecule has 0 fully saturated rings. The Hall–Kier alpha value is -3.00. The second-order valence-electron chi connectivity index (χ2n) is 7.57. The van der Waals surface area contributed by atoms with Crippen LogP contribution >= 0.6 is 15.9 Å². The average molecular weight is 518 g/mol. The van der Waals surface area contributed by atoms with Gasteiger partial charge in [-0.1, -0.05) is 35.2 Å². The normalized spacial score (nSPS) is 10.9. The van der Waals surface area contributed by atoms with Crippen LogP contribution < -0.4 is 19.6 Å². The van der Waals surface area contributed by atoms with Crippen LogP contribution in [0.2, 0.25) is 0 Å². The van der Waals surface area contributed by atoms with Gasteiger partial charge in [0, 0.05) is 34.7 Å². The van der Waals surface area contributed by atoms with Gasteiger partial charge in [-0.05, 0) is 37.1 Å². The summed E-state index contributed by atoms with van der Waals surface area (Å²) >= 11 is 3.44. The fraction of sp³-hybridized carbons (Fsp3) is 0.360. The minimum Gasteiger partial charge on any atom is -0.494 e. The zero-order chi connectivity index (χ0) is 23.8. The summed E-state index contributed by atoms with van der Waals surface area (Å²) in [5.41, 5.74) is 0.332. The largest absolute Gasteiger partial charge is 0.494 e. The molecule has 3 aromatic rings. The van der Waals surface area contributed by atoms with Crippen LogP contribution in [-0.2, 0) is 0 Å². The van der Waals surface area contributed by atoms with E-state index in [9.17, 15) is 14.7 Å². The lowest BCUT2D eigenvalue weighted by molar-refractivity contribution is 0.0695. The second kappa shape index (κ2) is 11.7. The summed E-state index contributed by atoms with van der Waals surface area (Å²) in [6.45, 7) is 0.577. The van der Waals surface area contributed by atoms with Crippen molar-refractivity contribution in [2.75, 3.05) is 26.2 Å². The van der Waals surface area contributed by atoms with E-state index in [2.05, 4.69) is 15.9 Å². The van der Waals surface area contributed by atoms with Crippen molar-refractivity contribution < 1.29 is 24.1 Å². The fourth-order valence-electron chi connectivity index (χ4n) is 3.65. The van der Waals surface area contributed by atoms with Crippen LogP contribution in [0.4, 0.5) is 0 Å². The first kappa shape index (κ1) is 24.6. The van der Waals surface area contributed by atoms with Crippen LogP contribution in [0.5, 0.6) is 17.2 Å². The van der Waals surface area contributed by atoms with Crippen LogP contribution in [0.1, 0.15) is 42.5 Å².